The van der Waals surface area contributed by atoms with Crippen molar-refractivity contribution in [3.05, 3.63) is 0 Å². The molecular formula is C11H18N4O. The van der Waals surface area contributed by atoms with Crippen molar-refractivity contribution in [3.63, 3.8) is 0 Å². The minimum absolute atomic E-state index is 0.0852. The Kier molecular flexibility index (Phi) is 3.75. The maximum Gasteiger partial charge on any atom is 0.234 e. The molecule has 0 aromatic carbocycles. The Morgan fingerprint density at radius 2 is 2.19 bits per heavy atom. The van der Waals surface area contributed by atoms with Gasteiger partial charge in [-0.15, -0.1) is 0 Å². The molecular weight excluding hydrogens is 204 g/mol. The zero-order valence-corrected chi connectivity index (χ0v) is 9.41. The Morgan fingerprint density at radius 3 is 2.75 bits per heavy atom. The lowest BCUT2D eigenvalue weighted by Gasteiger charge is -2.45. The van der Waals surface area contributed by atoms with Gasteiger partial charge < -0.3 is 15.5 Å². The normalized spacial score (nSPS) is 32.1. The first-order valence-electron chi connectivity index (χ1n) is 5.89. The van der Waals surface area contributed by atoms with E-state index in [0.717, 1.165) is 12.5 Å². The minimum atomic E-state index is -0.0852. The Labute approximate surface area is 95.8 Å². The number of rotatable bonds is 4. The van der Waals surface area contributed by atoms with Crippen molar-refractivity contribution >= 4 is 5.91 Å². The molecule has 2 bridgehead atoms. The predicted octanol–water partition coefficient (Wildman–Crippen LogP) is -0.690. The third-order valence-electron chi connectivity index (χ3n) is 3.55. The number of nitrogens with zero attached hydrogens (tertiary/aromatic N) is 2. The zero-order valence-electron chi connectivity index (χ0n) is 9.41. The van der Waals surface area contributed by atoms with Crippen LogP contribution < -0.4 is 10.6 Å². The molecule has 0 aromatic heterocycles. The molecule has 1 atom stereocenters. The highest BCUT2D eigenvalue weighted by molar-refractivity contribution is 5.78. The number of nitriles is 1. The van der Waals surface area contributed by atoms with E-state index in [2.05, 4.69) is 15.5 Å². The summed E-state index contributed by atoms with van der Waals surface area (Å²) in [6.45, 7) is 3.92. The number of nitrogens with one attached hydrogen (secondary N) is 2. The molecule has 5 heteroatoms. The minimum Gasteiger partial charge on any atom is -0.342 e. The van der Waals surface area contributed by atoms with Gasteiger partial charge in [-0.25, -0.2) is 0 Å². The largest absolute Gasteiger partial charge is 0.342 e. The molecule has 1 amide bonds. The van der Waals surface area contributed by atoms with Crippen LogP contribution in [0.3, 0.4) is 0 Å². The second kappa shape index (κ2) is 5.28. The highest BCUT2D eigenvalue weighted by Crippen LogP contribution is 2.27. The summed E-state index contributed by atoms with van der Waals surface area (Å²) in [5, 5.41) is 14.2. The SMILES string of the molecule is N#CCNC(=O)CNC1CN2CCC1CC2. The maximum atomic E-state index is 11.3. The van der Waals surface area contributed by atoms with Gasteiger partial charge in [0.1, 0.15) is 6.54 Å². The number of carbonyl (C=O) groups excluding carboxylic acids is 1. The summed E-state index contributed by atoms with van der Waals surface area (Å²) in [5.41, 5.74) is 0. The molecule has 2 N–H and O–H groups in total. The second-order valence-electron chi connectivity index (χ2n) is 4.56. The number of hydrogen-bond acceptors (Lipinski definition) is 4. The fraction of sp³-hybridized carbons (Fsp3) is 0.818. The molecule has 3 aliphatic rings. The molecule has 0 aromatic rings. The van der Waals surface area contributed by atoms with Crippen LogP contribution in [0.4, 0.5) is 0 Å². The molecule has 5 nitrogen and oxygen atoms in total. The highest BCUT2D eigenvalue weighted by atomic mass is 16.1. The number of fused-ring (bicyclic) bond motifs is 3. The Morgan fingerprint density at radius 1 is 1.44 bits per heavy atom. The van der Waals surface area contributed by atoms with Gasteiger partial charge in [-0.2, -0.15) is 5.26 Å². The summed E-state index contributed by atoms with van der Waals surface area (Å²) < 4.78 is 0. The first-order chi connectivity index (χ1) is 7.79. The molecule has 88 valence electrons. The Bertz CT molecular complexity index is 291. The topological polar surface area (TPSA) is 68.2 Å². The maximum absolute atomic E-state index is 11.3. The molecule has 0 saturated carbocycles. The van der Waals surface area contributed by atoms with Crippen molar-refractivity contribution in [2.75, 3.05) is 32.7 Å². The van der Waals surface area contributed by atoms with Gasteiger partial charge in [-0.3, -0.25) is 4.79 Å². The van der Waals surface area contributed by atoms with Gasteiger partial charge in [0.25, 0.3) is 0 Å². The fourth-order valence-electron chi connectivity index (χ4n) is 2.62. The van der Waals surface area contributed by atoms with Crippen LogP contribution >= 0.6 is 0 Å². The van der Waals surface area contributed by atoms with E-state index in [9.17, 15) is 4.79 Å². The number of piperidine rings is 3. The first-order valence-corrected chi connectivity index (χ1v) is 5.89. The average Bonchev–Trinajstić information content (AvgIpc) is 2.35. The predicted molar refractivity (Wildman–Crippen MR) is 59.6 cm³/mol. The van der Waals surface area contributed by atoms with E-state index in [1.807, 2.05) is 6.07 Å². The van der Waals surface area contributed by atoms with E-state index < -0.39 is 0 Å². The summed E-state index contributed by atoms with van der Waals surface area (Å²) in [6.07, 6.45) is 2.50. The smallest absolute Gasteiger partial charge is 0.234 e. The highest BCUT2D eigenvalue weighted by Gasteiger charge is 2.33. The molecule has 0 spiro atoms. The summed E-state index contributed by atoms with van der Waals surface area (Å²) in [5.74, 6) is 0.645. The van der Waals surface area contributed by atoms with Crippen LogP contribution in [0.15, 0.2) is 0 Å². The first kappa shape index (κ1) is 11.4. The third kappa shape index (κ3) is 2.71. The van der Waals surface area contributed by atoms with E-state index >= 15 is 0 Å². The molecule has 3 aliphatic heterocycles. The molecule has 0 radical (unpaired) electrons. The van der Waals surface area contributed by atoms with Crippen LogP contribution in [0.25, 0.3) is 0 Å². The van der Waals surface area contributed by atoms with Crippen molar-refractivity contribution in [2.24, 2.45) is 5.92 Å². The van der Waals surface area contributed by atoms with Crippen LogP contribution in [-0.2, 0) is 4.79 Å². The Hall–Kier alpha value is -1.12. The quantitative estimate of drug-likeness (QED) is 0.618. The molecule has 16 heavy (non-hydrogen) atoms. The van der Waals surface area contributed by atoms with Crippen molar-refractivity contribution in [1.82, 2.24) is 15.5 Å². The summed E-state index contributed by atoms with van der Waals surface area (Å²) in [7, 11) is 0. The standard InChI is InChI=1S/C11H18N4O/c12-3-4-13-11(16)7-14-10-8-15-5-1-9(10)2-6-15/h9-10,14H,1-2,4-8H2,(H,13,16). The zero-order chi connectivity index (χ0) is 11.4. The third-order valence-corrected chi connectivity index (χ3v) is 3.55. The molecule has 3 heterocycles. The van der Waals surface area contributed by atoms with Gasteiger partial charge >= 0.3 is 0 Å². The van der Waals surface area contributed by atoms with Crippen molar-refractivity contribution < 1.29 is 4.79 Å². The molecule has 0 aliphatic carbocycles. The monoisotopic (exact) mass is 222 g/mol. The van der Waals surface area contributed by atoms with Crippen molar-refractivity contribution in [3.8, 4) is 6.07 Å². The number of hydrogen-bond donors (Lipinski definition) is 2. The Balaban J connectivity index is 1.70. The van der Waals surface area contributed by atoms with Crippen LogP contribution in [0.2, 0.25) is 0 Å². The van der Waals surface area contributed by atoms with Gasteiger partial charge in [-0.05, 0) is 31.8 Å². The summed E-state index contributed by atoms with van der Waals surface area (Å²) >= 11 is 0. The van der Waals surface area contributed by atoms with Gasteiger partial charge in [0.05, 0.1) is 12.6 Å². The second-order valence-corrected chi connectivity index (χ2v) is 4.56. The van der Waals surface area contributed by atoms with E-state index in [1.54, 1.807) is 0 Å². The summed E-state index contributed by atoms with van der Waals surface area (Å²) in [6, 6.07) is 2.35. The molecule has 3 rings (SSSR count). The number of carbonyl (C=O) groups is 1. The fourth-order valence-corrected chi connectivity index (χ4v) is 2.62. The van der Waals surface area contributed by atoms with Crippen molar-refractivity contribution in [1.29, 1.82) is 5.26 Å². The lowest BCUT2D eigenvalue weighted by molar-refractivity contribution is -0.120. The van der Waals surface area contributed by atoms with Gasteiger partial charge in [0, 0.05) is 12.6 Å². The average molecular weight is 222 g/mol. The van der Waals surface area contributed by atoms with Gasteiger partial charge in [-0.1, -0.05) is 0 Å². The van der Waals surface area contributed by atoms with Crippen LogP contribution in [0.5, 0.6) is 0 Å². The number of amides is 1. The lowest BCUT2D eigenvalue weighted by atomic mass is 9.84. The van der Waals surface area contributed by atoms with Gasteiger partial charge in [0.15, 0.2) is 0 Å². The van der Waals surface area contributed by atoms with Crippen LogP contribution in [0, 0.1) is 17.2 Å². The van der Waals surface area contributed by atoms with Crippen LogP contribution in [0.1, 0.15) is 12.8 Å². The summed E-state index contributed by atoms with van der Waals surface area (Å²) in [4.78, 5) is 13.8. The van der Waals surface area contributed by atoms with Crippen LogP contribution in [-0.4, -0.2) is 49.6 Å². The van der Waals surface area contributed by atoms with Gasteiger partial charge in [0.2, 0.25) is 5.91 Å². The molecule has 3 fully saturated rings. The van der Waals surface area contributed by atoms with E-state index in [1.165, 1.54) is 25.9 Å². The molecule has 1 unspecified atom stereocenters. The van der Waals surface area contributed by atoms with E-state index in [-0.39, 0.29) is 12.5 Å². The van der Waals surface area contributed by atoms with E-state index in [0.29, 0.717) is 12.6 Å². The molecule has 3 saturated heterocycles. The lowest BCUT2D eigenvalue weighted by Crippen LogP contribution is -2.57. The van der Waals surface area contributed by atoms with E-state index in [4.69, 9.17) is 5.26 Å². The van der Waals surface area contributed by atoms with Crippen molar-refractivity contribution in [2.45, 2.75) is 18.9 Å².